The summed E-state index contributed by atoms with van der Waals surface area (Å²) < 4.78 is 7.58. The molecular weight excluding hydrogens is 368 g/mol. The number of hydrogen-bond donors (Lipinski definition) is 1. The van der Waals surface area contributed by atoms with Crippen molar-refractivity contribution in [2.45, 2.75) is 51.7 Å². The summed E-state index contributed by atoms with van der Waals surface area (Å²) in [5.74, 6) is 1.42. The zero-order valence-electron chi connectivity index (χ0n) is 16.7. The molecule has 5 rings (SSSR count). The zero-order valence-corrected chi connectivity index (χ0v) is 16.7. The molecule has 1 aliphatic heterocycles. The number of imidazole rings is 2. The molecule has 0 aromatic carbocycles. The van der Waals surface area contributed by atoms with Crippen molar-refractivity contribution in [2.24, 2.45) is 0 Å². The van der Waals surface area contributed by atoms with Gasteiger partial charge in [-0.1, -0.05) is 12.8 Å². The van der Waals surface area contributed by atoms with Crippen molar-refractivity contribution >= 4 is 5.91 Å². The number of H-pyrrole nitrogens is 1. The van der Waals surface area contributed by atoms with E-state index >= 15 is 0 Å². The maximum absolute atomic E-state index is 13.0. The molecule has 3 aromatic heterocycles. The number of aromatic amines is 1. The maximum Gasteiger partial charge on any atom is 0.256 e. The summed E-state index contributed by atoms with van der Waals surface area (Å²) in [5, 5.41) is 0. The molecule has 0 unspecified atom stereocenters. The molecule has 3 aromatic rings. The fraction of sp³-hybridized carbons (Fsp3) is 0.429. The van der Waals surface area contributed by atoms with E-state index in [2.05, 4.69) is 15.0 Å². The number of ether oxygens (including phenoxy) is 1. The highest BCUT2D eigenvalue weighted by molar-refractivity contribution is 5.98. The third-order valence-corrected chi connectivity index (χ3v) is 6.01. The molecule has 0 saturated heterocycles. The van der Waals surface area contributed by atoms with E-state index in [4.69, 9.17) is 9.72 Å². The van der Waals surface area contributed by atoms with E-state index < -0.39 is 0 Å². The van der Waals surface area contributed by atoms with E-state index in [-0.39, 0.29) is 5.91 Å². The quantitative estimate of drug-likeness (QED) is 0.721. The number of aromatic nitrogens is 5. The van der Waals surface area contributed by atoms with E-state index in [1.807, 2.05) is 28.7 Å². The largest absolute Gasteiger partial charge is 0.481 e. The monoisotopic (exact) mass is 392 g/mol. The average Bonchev–Trinajstić information content (AvgIpc) is 3.50. The number of carbonyl (C=O) groups excluding carboxylic acids is 1. The van der Waals surface area contributed by atoms with Crippen LogP contribution in [0.4, 0.5) is 0 Å². The van der Waals surface area contributed by atoms with Crippen molar-refractivity contribution in [3.05, 3.63) is 47.3 Å². The minimum absolute atomic E-state index is 0.0947. The first-order valence-corrected chi connectivity index (χ1v) is 10.0. The molecule has 0 atom stereocenters. The fourth-order valence-corrected chi connectivity index (χ4v) is 4.49. The highest BCUT2D eigenvalue weighted by Gasteiger charge is 2.36. The Balaban J connectivity index is 1.48. The number of nitrogens with zero attached hydrogens (tertiary/aromatic N) is 5. The second-order valence-corrected chi connectivity index (χ2v) is 7.78. The second kappa shape index (κ2) is 7.02. The maximum atomic E-state index is 13.0. The van der Waals surface area contributed by atoms with Gasteiger partial charge in [-0.05, 0) is 25.8 Å². The molecule has 1 saturated carbocycles. The summed E-state index contributed by atoms with van der Waals surface area (Å²) >= 11 is 0. The van der Waals surface area contributed by atoms with Gasteiger partial charge < -0.3 is 19.2 Å². The van der Waals surface area contributed by atoms with Gasteiger partial charge in [0, 0.05) is 29.7 Å². The van der Waals surface area contributed by atoms with E-state index in [1.165, 1.54) is 12.8 Å². The van der Waals surface area contributed by atoms with Gasteiger partial charge in [-0.15, -0.1) is 0 Å². The van der Waals surface area contributed by atoms with Crippen LogP contribution in [0.1, 0.15) is 53.0 Å². The van der Waals surface area contributed by atoms with Crippen molar-refractivity contribution in [2.75, 3.05) is 7.11 Å². The molecule has 4 heterocycles. The van der Waals surface area contributed by atoms with Crippen LogP contribution in [0, 0.1) is 6.92 Å². The molecule has 1 amide bonds. The minimum Gasteiger partial charge on any atom is -0.481 e. The summed E-state index contributed by atoms with van der Waals surface area (Å²) in [6, 6.07) is 2.29. The molecule has 8 nitrogen and oxygen atoms in total. The summed E-state index contributed by atoms with van der Waals surface area (Å²) in [7, 11) is 1.62. The Morgan fingerprint density at radius 1 is 1.28 bits per heavy atom. The van der Waals surface area contributed by atoms with Crippen LogP contribution in [0.15, 0.2) is 24.8 Å². The third-order valence-electron chi connectivity index (χ3n) is 6.01. The number of hydrogen-bond acceptors (Lipinski definition) is 5. The molecule has 1 aliphatic carbocycles. The SMILES string of the molecule is COc1nc2c(cc1Cn1ccnc1-c1nc[nH]c1C)C(=O)N(C1CCCC1)C2. The van der Waals surface area contributed by atoms with Gasteiger partial charge in [0.15, 0.2) is 5.82 Å². The average molecular weight is 392 g/mol. The predicted octanol–water partition coefficient (Wildman–Crippen LogP) is 2.93. The Morgan fingerprint density at radius 2 is 2.10 bits per heavy atom. The first-order valence-electron chi connectivity index (χ1n) is 10.0. The highest BCUT2D eigenvalue weighted by atomic mass is 16.5. The topological polar surface area (TPSA) is 88.9 Å². The minimum atomic E-state index is 0.0947. The van der Waals surface area contributed by atoms with Crippen LogP contribution in [-0.4, -0.2) is 48.5 Å². The lowest BCUT2D eigenvalue weighted by Gasteiger charge is -2.22. The Bertz CT molecular complexity index is 1060. The summed E-state index contributed by atoms with van der Waals surface area (Å²) in [6.45, 7) is 3.05. The molecule has 2 aliphatic rings. The lowest BCUT2D eigenvalue weighted by Crippen LogP contribution is -2.33. The second-order valence-electron chi connectivity index (χ2n) is 7.78. The van der Waals surface area contributed by atoms with Gasteiger partial charge in [-0.2, -0.15) is 0 Å². The predicted molar refractivity (Wildman–Crippen MR) is 107 cm³/mol. The molecule has 0 bridgehead atoms. The molecule has 29 heavy (non-hydrogen) atoms. The molecule has 8 heteroatoms. The Kier molecular flexibility index (Phi) is 4.34. The van der Waals surface area contributed by atoms with Crippen molar-refractivity contribution in [3.8, 4) is 17.4 Å². The zero-order chi connectivity index (χ0) is 20.0. The normalized spacial score (nSPS) is 16.6. The van der Waals surface area contributed by atoms with Gasteiger partial charge in [0.05, 0.1) is 37.8 Å². The molecule has 1 fully saturated rings. The van der Waals surface area contributed by atoms with Gasteiger partial charge in [-0.3, -0.25) is 4.79 Å². The molecule has 0 spiro atoms. The van der Waals surface area contributed by atoms with Crippen LogP contribution in [-0.2, 0) is 13.1 Å². The number of amides is 1. The third kappa shape index (κ3) is 2.99. The lowest BCUT2D eigenvalue weighted by molar-refractivity contribution is 0.0706. The van der Waals surface area contributed by atoms with Gasteiger partial charge in [0.2, 0.25) is 5.88 Å². The van der Waals surface area contributed by atoms with Gasteiger partial charge >= 0.3 is 0 Å². The number of methoxy groups -OCH3 is 1. The van der Waals surface area contributed by atoms with E-state index in [9.17, 15) is 4.79 Å². The molecular formula is C21H24N6O2. The smallest absolute Gasteiger partial charge is 0.256 e. The van der Waals surface area contributed by atoms with Crippen LogP contribution in [0.3, 0.4) is 0 Å². The van der Waals surface area contributed by atoms with Gasteiger partial charge in [0.1, 0.15) is 5.69 Å². The Morgan fingerprint density at radius 3 is 2.83 bits per heavy atom. The number of nitrogens with one attached hydrogen (secondary N) is 1. The fourth-order valence-electron chi connectivity index (χ4n) is 4.49. The molecule has 1 N–H and O–H groups in total. The van der Waals surface area contributed by atoms with Crippen molar-refractivity contribution < 1.29 is 9.53 Å². The van der Waals surface area contributed by atoms with Crippen LogP contribution in [0.5, 0.6) is 5.88 Å². The molecule has 0 radical (unpaired) electrons. The summed E-state index contributed by atoms with van der Waals surface area (Å²) in [6.07, 6.45) is 9.89. The number of fused-ring (bicyclic) bond motifs is 1. The lowest BCUT2D eigenvalue weighted by atomic mass is 10.1. The standard InChI is InChI=1S/C21H24N6O2/c1-13-18(24-12-23-13)19-22-7-8-26(19)10-14-9-16-17(25-20(14)29-2)11-27(21(16)28)15-5-3-4-6-15/h7-9,12,15H,3-6,10-11H2,1-2H3,(H,23,24). The van der Waals surface area contributed by atoms with Crippen molar-refractivity contribution in [1.29, 1.82) is 0 Å². The first kappa shape index (κ1) is 17.9. The summed E-state index contributed by atoms with van der Waals surface area (Å²) in [4.78, 5) is 31.7. The Hall–Kier alpha value is -3.16. The van der Waals surface area contributed by atoms with Crippen LogP contribution < -0.4 is 4.74 Å². The number of aryl methyl sites for hydroxylation is 1. The van der Waals surface area contributed by atoms with Gasteiger partial charge in [0.25, 0.3) is 5.91 Å². The van der Waals surface area contributed by atoms with Crippen molar-refractivity contribution in [1.82, 2.24) is 29.4 Å². The van der Waals surface area contributed by atoms with Crippen molar-refractivity contribution in [3.63, 3.8) is 0 Å². The van der Waals surface area contributed by atoms with Crippen LogP contribution >= 0.6 is 0 Å². The first-order chi connectivity index (χ1) is 14.2. The Labute approximate surface area is 169 Å². The van der Waals surface area contributed by atoms with Gasteiger partial charge in [-0.25, -0.2) is 15.0 Å². The van der Waals surface area contributed by atoms with E-state index in [1.54, 1.807) is 19.6 Å². The number of pyridine rings is 1. The van der Waals surface area contributed by atoms with Crippen LogP contribution in [0.25, 0.3) is 11.5 Å². The molecule has 150 valence electrons. The van der Waals surface area contributed by atoms with E-state index in [0.29, 0.717) is 30.6 Å². The van der Waals surface area contributed by atoms with Crippen LogP contribution in [0.2, 0.25) is 0 Å². The highest BCUT2D eigenvalue weighted by Crippen LogP contribution is 2.33. The number of carbonyl (C=O) groups is 1. The summed E-state index contributed by atoms with van der Waals surface area (Å²) in [5.41, 5.74) is 4.15. The van der Waals surface area contributed by atoms with E-state index in [0.717, 1.165) is 41.3 Å². The number of rotatable bonds is 5.